The number of ether oxygens (including phenoxy) is 1. The standard InChI is InChI=1S/C10H10BrNO/c1-12-4-3-8-9(12)5-7(11)6-10(8)13-2/h3-6H,1-2H3. The van der Waals surface area contributed by atoms with Crippen LogP contribution in [0.3, 0.4) is 0 Å². The molecule has 0 unspecified atom stereocenters. The second-order valence-corrected chi connectivity index (χ2v) is 3.88. The highest BCUT2D eigenvalue weighted by molar-refractivity contribution is 9.10. The van der Waals surface area contributed by atoms with Gasteiger partial charge < -0.3 is 9.30 Å². The first-order valence-corrected chi connectivity index (χ1v) is 4.80. The summed E-state index contributed by atoms with van der Waals surface area (Å²) in [6, 6.07) is 6.11. The molecule has 0 fully saturated rings. The summed E-state index contributed by atoms with van der Waals surface area (Å²) in [7, 11) is 3.71. The van der Waals surface area contributed by atoms with Crippen LogP contribution in [0.1, 0.15) is 0 Å². The van der Waals surface area contributed by atoms with Gasteiger partial charge in [-0.05, 0) is 18.2 Å². The number of methoxy groups -OCH3 is 1. The zero-order chi connectivity index (χ0) is 9.42. The van der Waals surface area contributed by atoms with Gasteiger partial charge in [0, 0.05) is 23.1 Å². The number of benzene rings is 1. The van der Waals surface area contributed by atoms with E-state index in [4.69, 9.17) is 4.74 Å². The molecule has 0 aliphatic carbocycles. The van der Waals surface area contributed by atoms with Crippen LogP contribution in [-0.4, -0.2) is 11.7 Å². The minimum absolute atomic E-state index is 0.907. The predicted octanol–water partition coefficient (Wildman–Crippen LogP) is 2.95. The lowest BCUT2D eigenvalue weighted by molar-refractivity contribution is 0.419. The molecule has 1 aromatic heterocycles. The Bertz CT molecular complexity index is 447. The number of aromatic nitrogens is 1. The van der Waals surface area contributed by atoms with Crippen molar-refractivity contribution in [1.82, 2.24) is 4.57 Å². The number of nitrogens with zero attached hydrogens (tertiary/aromatic N) is 1. The van der Waals surface area contributed by atoms with E-state index >= 15 is 0 Å². The number of aryl methyl sites for hydroxylation is 1. The van der Waals surface area contributed by atoms with Crippen LogP contribution in [0.25, 0.3) is 10.9 Å². The fourth-order valence-electron chi connectivity index (χ4n) is 1.47. The van der Waals surface area contributed by atoms with Crippen LogP contribution in [-0.2, 0) is 7.05 Å². The molecule has 1 aromatic carbocycles. The van der Waals surface area contributed by atoms with E-state index in [0.717, 1.165) is 15.6 Å². The van der Waals surface area contributed by atoms with Crippen molar-refractivity contribution in [3.63, 3.8) is 0 Å². The summed E-state index contributed by atoms with van der Waals surface area (Å²) in [5.41, 5.74) is 1.17. The van der Waals surface area contributed by atoms with E-state index in [9.17, 15) is 0 Å². The molecular weight excluding hydrogens is 230 g/mol. The molecule has 0 atom stereocenters. The van der Waals surface area contributed by atoms with Gasteiger partial charge in [0.1, 0.15) is 5.75 Å². The van der Waals surface area contributed by atoms with Crippen molar-refractivity contribution in [2.75, 3.05) is 7.11 Å². The summed E-state index contributed by atoms with van der Waals surface area (Å²) in [5, 5.41) is 1.15. The van der Waals surface area contributed by atoms with E-state index in [1.165, 1.54) is 5.52 Å². The van der Waals surface area contributed by atoms with E-state index in [1.807, 2.05) is 19.3 Å². The molecule has 2 rings (SSSR count). The third-order valence-electron chi connectivity index (χ3n) is 2.15. The molecule has 0 radical (unpaired) electrons. The number of rotatable bonds is 1. The lowest BCUT2D eigenvalue weighted by atomic mass is 10.2. The van der Waals surface area contributed by atoms with E-state index in [2.05, 4.69) is 32.6 Å². The van der Waals surface area contributed by atoms with Crippen LogP contribution < -0.4 is 4.74 Å². The van der Waals surface area contributed by atoms with Crippen LogP contribution >= 0.6 is 15.9 Å². The quantitative estimate of drug-likeness (QED) is 0.747. The highest BCUT2D eigenvalue weighted by Crippen LogP contribution is 2.30. The summed E-state index contributed by atoms with van der Waals surface area (Å²) in [6.07, 6.45) is 2.03. The zero-order valence-electron chi connectivity index (χ0n) is 7.54. The molecular formula is C10H10BrNO. The normalized spacial score (nSPS) is 10.7. The van der Waals surface area contributed by atoms with Gasteiger partial charge in [-0.25, -0.2) is 0 Å². The molecule has 0 N–H and O–H groups in total. The highest BCUT2D eigenvalue weighted by atomic mass is 79.9. The minimum atomic E-state index is 0.907. The van der Waals surface area contributed by atoms with Gasteiger partial charge in [0.15, 0.2) is 0 Å². The maximum atomic E-state index is 5.28. The Kier molecular flexibility index (Phi) is 2.04. The Morgan fingerprint density at radius 3 is 2.85 bits per heavy atom. The fraction of sp³-hybridized carbons (Fsp3) is 0.200. The Morgan fingerprint density at radius 1 is 1.38 bits per heavy atom. The molecule has 13 heavy (non-hydrogen) atoms. The zero-order valence-corrected chi connectivity index (χ0v) is 9.13. The fourth-order valence-corrected chi connectivity index (χ4v) is 1.90. The largest absolute Gasteiger partial charge is 0.496 e. The summed E-state index contributed by atoms with van der Waals surface area (Å²) in [6.45, 7) is 0. The van der Waals surface area contributed by atoms with Crippen molar-refractivity contribution in [2.45, 2.75) is 0 Å². The third kappa shape index (κ3) is 1.33. The average Bonchev–Trinajstić information content (AvgIpc) is 2.47. The number of halogens is 1. The Hall–Kier alpha value is -0.960. The maximum Gasteiger partial charge on any atom is 0.129 e. The van der Waals surface area contributed by atoms with E-state index in [1.54, 1.807) is 7.11 Å². The monoisotopic (exact) mass is 239 g/mol. The van der Waals surface area contributed by atoms with Crippen molar-refractivity contribution in [3.05, 3.63) is 28.9 Å². The van der Waals surface area contributed by atoms with Crippen molar-refractivity contribution in [2.24, 2.45) is 7.05 Å². The van der Waals surface area contributed by atoms with Gasteiger partial charge in [-0.3, -0.25) is 0 Å². The Labute approximate surface area is 85.2 Å². The molecule has 0 amide bonds. The van der Waals surface area contributed by atoms with Crippen molar-refractivity contribution in [3.8, 4) is 5.75 Å². The molecule has 2 aromatic rings. The van der Waals surface area contributed by atoms with E-state index < -0.39 is 0 Å². The van der Waals surface area contributed by atoms with E-state index in [0.29, 0.717) is 0 Å². The second-order valence-electron chi connectivity index (χ2n) is 2.97. The van der Waals surface area contributed by atoms with Crippen molar-refractivity contribution in [1.29, 1.82) is 0 Å². The van der Waals surface area contributed by atoms with Crippen LogP contribution in [0.15, 0.2) is 28.9 Å². The summed E-state index contributed by atoms with van der Waals surface area (Å²) in [4.78, 5) is 0. The summed E-state index contributed by atoms with van der Waals surface area (Å²) in [5.74, 6) is 0.907. The first kappa shape index (κ1) is 8.63. The molecule has 2 nitrogen and oxygen atoms in total. The Morgan fingerprint density at radius 2 is 2.15 bits per heavy atom. The molecule has 68 valence electrons. The van der Waals surface area contributed by atoms with E-state index in [-0.39, 0.29) is 0 Å². The molecule has 0 bridgehead atoms. The maximum absolute atomic E-state index is 5.28. The molecule has 3 heteroatoms. The van der Waals surface area contributed by atoms with Crippen LogP contribution in [0.4, 0.5) is 0 Å². The lowest BCUT2D eigenvalue weighted by Gasteiger charge is -2.03. The highest BCUT2D eigenvalue weighted by Gasteiger charge is 2.05. The Balaban J connectivity index is 2.84. The van der Waals surface area contributed by atoms with Gasteiger partial charge >= 0.3 is 0 Å². The third-order valence-corrected chi connectivity index (χ3v) is 2.61. The van der Waals surface area contributed by atoms with Gasteiger partial charge in [-0.1, -0.05) is 15.9 Å². The van der Waals surface area contributed by atoms with Crippen LogP contribution in [0.5, 0.6) is 5.75 Å². The molecule has 0 aliphatic rings. The van der Waals surface area contributed by atoms with Gasteiger partial charge in [0.25, 0.3) is 0 Å². The average molecular weight is 240 g/mol. The molecule has 0 spiro atoms. The van der Waals surface area contributed by atoms with Gasteiger partial charge in [-0.15, -0.1) is 0 Å². The predicted molar refractivity (Wildman–Crippen MR) is 57.2 cm³/mol. The van der Waals surface area contributed by atoms with Crippen LogP contribution in [0, 0.1) is 0 Å². The van der Waals surface area contributed by atoms with Gasteiger partial charge in [-0.2, -0.15) is 0 Å². The molecule has 0 saturated carbocycles. The van der Waals surface area contributed by atoms with Gasteiger partial charge in [0.2, 0.25) is 0 Å². The molecule has 1 heterocycles. The number of fused-ring (bicyclic) bond motifs is 1. The summed E-state index contributed by atoms with van der Waals surface area (Å²) < 4.78 is 8.39. The number of hydrogen-bond acceptors (Lipinski definition) is 1. The summed E-state index contributed by atoms with van der Waals surface area (Å²) >= 11 is 3.45. The minimum Gasteiger partial charge on any atom is -0.496 e. The number of hydrogen-bond donors (Lipinski definition) is 0. The molecule has 0 saturated heterocycles. The van der Waals surface area contributed by atoms with Crippen molar-refractivity contribution < 1.29 is 4.74 Å². The topological polar surface area (TPSA) is 14.2 Å². The second kappa shape index (κ2) is 3.07. The lowest BCUT2D eigenvalue weighted by Crippen LogP contribution is -1.87. The van der Waals surface area contributed by atoms with Crippen LogP contribution in [0.2, 0.25) is 0 Å². The van der Waals surface area contributed by atoms with Gasteiger partial charge in [0.05, 0.1) is 12.6 Å². The van der Waals surface area contributed by atoms with Crippen molar-refractivity contribution >= 4 is 26.8 Å². The SMILES string of the molecule is COc1cc(Br)cc2c1ccn2C. The smallest absolute Gasteiger partial charge is 0.129 e. The first-order chi connectivity index (χ1) is 6.22. The first-order valence-electron chi connectivity index (χ1n) is 4.01. The molecule has 0 aliphatic heterocycles.